The molecule has 7 nitrogen and oxygen atoms in total. The van der Waals surface area contributed by atoms with Gasteiger partial charge in [-0.2, -0.15) is 13.2 Å². The molecule has 0 fully saturated rings. The normalized spacial score (nSPS) is 17.7. The number of carbonyl (C=O) groups is 2. The first-order valence-corrected chi connectivity index (χ1v) is 12.8. The Morgan fingerprint density at radius 1 is 1.08 bits per heavy atom. The Kier molecular flexibility index (Phi) is 6.10. The van der Waals surface area contributed by atoms with E-state index in [1.165, 1.54) is 6.07 Å². The fraction of sp³-hybridized carbons (Fsp3) is 0.167. The molecule has 198 valence electrons. The second-order valence-electron chi connectivity index (χ2n) is 8.46. The highest BCUT2D eigenvalue weighted by Gasteiger charge is 2.42. The van der Waals surface area contributed by atoms with E-state index in [0.717, 1.165) is 18.2 Å². The zero-order valence-corrected chi connectivity index (χ0v) is 20.3. The monoisotopic (exact) mass is 572 g/mol. The van der Waals surface area contributed by atoms with E-state index < -0.39 is 67.3 Å². The molecule has 2 amide bonds. The number of sulfone groups is 1. The lowest BCUT2D eigenvalue weighted by Gasteiger charge is -2.23. The molecule has 0 radical (unpaired) electrons. The number of amides is 2. The number of alkyl halides is 3. The molecule has 1 unspecified atom stereocenters. The van der Waals surface area contributed by atoms with Crippen LogP contribution in [0.1, 0.15) is 43.4 Å². The maximum absolute atomic E-state index is 14.1. The Morgan fingerprint density at radius 2 is 1.82 bits per heavy atom. The van der Waals surface area contributed by atoms with Crippen molar-refractivity contribution in [1.29, 1.82) is 0 Å². The van der Waals surface area contributed by atoms with Crippen molar-refractivity contribution in [2.24, 2.45) is 0 Å². The molecule has 38 heavy (non-hydrogen) atoms. The van der Waals surface area contributed by atoms with Crippen molar-refractivity contribution in [3.05, 3.63) is 86.9 Å². The van der Waals surface area contributed by atoms with Gasteiger partial charge in [0.1, 0.15) is 23.1 Å². The van der Waals surface area contributed by atoms with E-state index >= 15 is 0 Å². The summed E-state index contributed by atoms with van der Waals surface area (Å²) in [5.74, 6) is -4.82. The number of hydrogen-bond acceptors (Lipinski definition) is 5. The number of benzene rings is 3. The van der Waals surface area contributed by atoms with Gasteiger partial charge >= 0.3 is 6.18 Å². The SMILES string of the molecule is O=C(Nc1cc2c(c3c1C(c1cc(F)ccc1Cl)NC3=O)OCCS2(=O)=O)c1cc(F)cc(C(F)(F)F)c1. The van der Waals surface area contributed by atoms with E-state index in [4.69, 9.17) is 16.3 Å². The fourth-order valence-corrected chi connectivity index (χ4v) is 5.83. The second kappa shape index (κ2) is 8.95. The van der Waals surface area contributed by atoms with E-state index in [0.29, 0.717) is 12.1 Å². The second-order valence-corrected chi connectivity index (χ2v) is 10.9. The number of rotatable bonds is 3. The van der Waals surface area contributed by atoms with Crippen molar-refractivity contribution in [3.63, 3.8) is 0 Å². The minimum Gasteiger partial charge on any atom is -0.490 e. The van der Waals surface area contributed by atoms with Gasteiger partial charge in [0.05, 0.1) is 22.9 Å². The van der Waals surface area contributed by atoms with Crippen LogP contribution in [0.25, 0.3) is 0 Å². The van der Waals surface area contributed by atoms with Crippen molar-refractivity contribution in [2.45, 2.75) is 17.1 Å². The van der Waals surface area contributed by atoms with Gasteiger partial charge in [-0.05, 0) is 42.5 Å². The number of fused-ring (bicyclic) bond motifs is 3. The third-order valence-electron chi connectivity index (χ3n) is 6.02. The molecule has 5 rings (SSSR count). The molecule has 3 aromatic carbocycles. The zero-order chi connectivity index (χ0) is 27.6. The third kappa shape index (κ3) is 4.45. The number of nitrogens with one attached hydrogen (secondary N) is 2. The molecule has 0 aliphatic carbocycles. The number of anilines is 1. The number of halogens is 6. The average Bonchev–Trinajstić information content (AvgIpc) is 3.17. The van der Waals surface area contributed by atoms with Crippen LogP contribution in [0.2, 0.25) is 5.02 Å². The van der Waals surface area contributed by atoms with Crippen molar-refractivity contribution >= 4 is 38.9 Å². The van der Waals surface area contributed by atoms with Gasteiger partial charge in [-0.15, -0.1) is 0 Å². The number of ether oxygens (including phenoxy) is 1. The summed E-state index contributed by atoms with van der Waals surface area (Å²) < 4.78 is 98.6. The summed E-state index contributed by atoms with van der Waals surface area (Å²) in [4.78, 5) is 25.6. The molecule has 2 aliphatic rings. The molecular formula is C24H14ClF5N2O5S. The van der Waals surface area contributed by atoms with E-state index in [2.05, 4.69) is 10.6 Å². The van der Waals surface area contributed by atoms with Gasteiger partial charge in [0.2, 0.25) is 0 Å². The lowest BCUT2D eigenvalue weighted by atomic mass is 9.95. The Bertz CT molecular complexity index is 1640. The first-order chi connectivity index (χ1) is 17.8. The predicted octanol–water partition coefficient (Wildman–Crippen LogP) is 4.89. The molecule has 2 aliphatic heterocycles. The summed E-state index contributed by atoms with van der Waals surface area (Å²) in [6.07, 6.45) is -4.95. The highest BCUT2D eigenvalue weighted by molar-refractivity contribution is 7.91. The fourth-order valence-electron chi connectivity index (χ4n) is 4.34. The smallest absolute Gasteiger partial charge is 0.416 e. The molecule has 2 heterocycles. The van der Waals surface area contributed by atoms with Crippen LogP contribution < -0.4 is 15.4 Å². The van der Waals surface area contributed by atoms with Crippen molar-refractivity contribution in [3.8, 4) is 5.75 Å². The topological polar surface area (TPSA) is 102 Å². The standard InChI is InChI=1S/C24H14ClF5N2O5S/c25-15-2-1-12(26)8-14(15)20-18-16(31-22(33)10-5-11(24(28,29)30)7-13(27)6-10)9-17-21(19(18)23(34)32-20)37-3-4-38(17,35)36/h1-2,5-9,20H,3-4H2,(H,31,33)(H,32,34). The Morgan fingerprint density at radius 3 is 2.53 bits per heavy atom. The first-order valence-electron chi connectivity index (χ1n) is 10.8. The van der Waals surface area contributed by atoms with Crippen LogP contribution in [0, 0.1) is 11.6 Å². The highest BCUT2D eigenvalue weighted by atomic mass is 35.5. The maximum atomic E-state index is 14.1. The summed E-state index contributed by atoms with van der Waals surface area (Å²) in [5.41, 5.74) is -2.73. The Labute approximate surface area is 216 Å². The average molecular weight is 573 g/mol. The van der Waals surface area contributed by atoms with Crippen LogP contribution in [0.4, 0.5) is 27.6 Å². The summed E-state index contributed by atoms with van der Waals surface area (Å²) in [6, 6.07) is 4.29. The molecule has 0 saturated heterocycles. The summed E-state index contributed by atoms with van der Waals surface area (Å²) in [6.45, 7) is -0.268. The van der Waals surface area contributed by atoms with Crippen molar-refractivity contribution in [1.82, 2.24) is 5.32 Å². The highest BCUT2D eigenvalue weighted by Crippen LogP contribution is 2.47. The summed E-state index contributed by atoms with van der Waals surface area (Å²) in [7, 11) is -3.99. The van der Waals surface area contributed by atoms with Gasteiger partial charge in [-0.1, -0.05) is 11.6 Å². The van der Waals surface area contributed by atoms with Gasteiger partial charge in [-0.25, -0.2) is 17.2 Å². The molecule has 0 bridgehead atoms. The van der Waals surface area contributed by atoms with Crippen LogP contribution in [0.5, 0.6) is 5.75 Å². The zero-order valence-electron chi connectivity index (χ0n) is 18.8. The lowest BCUT2D eigenvalue weighted by Crippen LogP contribution is -2.24. The molecular weight excluding hydrogens is 559 g/mol. The van der Waals surface area contributed by atoms with Gasteiger partial charge in [0.25, 0.3) is 11.8 Å². The number of hydrogen-bond donors (Lipinski definition) is 2. The van der Waals surface area contributed by atoms with E-state index in [1.807, 2.05) is 0 Å². The number of carbonyl (C=O) groups excluding carboxylic acids is 2. The molecule has 0 aromatic heterocycles. The van der Waals surface area contributed by atoms with Gasteiger partial charge in [0.15, 0.2) is 15.6 Å². The van der Waals surface area contributed by atoms with E-state index in [1.54, 1.807) is 0 Å². The predicted molar refractivity (Wildman–Crippen MR) is 124 cm³/mol. The van der Waals surface area contributed by atoms with Gasteiger partial charge in [0, 0.05) is 27.4 Å². The minimum absolute atomic E-state index is 0.0213. The van der Waals surface area contributed by atoms with Gasteiger partial charge < -0.3 is 15.4 Å². The third-order valence-corrected chi connectivity index (χ3v) is 8.04. The quantitative estimate of drug-likeness (QED) is 0.435. The molecule has 1 atom stereocenters. The molecule has 2 N–H and O–H groups in total. The lowest BCUT2D eigenvalue weighted by molar-refractivity contribution is -0.137. The Hall–Kier alpha value is -3.71. The maximum Gasteiger partial charge on any atom is 0.416 e. The molecule has 0 spiro atoms. The van der Waals surface area contributed by atoms with Crippen molar-refractivity contribution < 1.29 is 44.7 Å². The largest absolute Gasteiger partial charge is 0.490 e. The van der Waals surface area contributed by atoms with E-state index in [-0.39, 0.29) is 45.8 Å². The van der Waals surface area contributed by atoms with Crippen LogP contribution in [-0.2, 0) is 16.0 Å². The summed E-state index contributed by atoms with van der Waals surface area (Å²) in [5, 5.41) is 4.85. The molecule has 14 heteroatoms. The van der Waals surface area contributed by atoms with Crippen LogP contribution in [0.3, 0.4) is 0 Å². The minimum atomic E-state index is -4.95. The van der Waals surface area contributed by atoms with Crippen molar-refractivity contribution in [2.75, 3.05) is 17.7 Å². The Balaban J connectivity index is 1.70. The van der Waals surface area contributed by atoms with Crippen LogP contribution >= 0.6 is 11.6 Å². The van der Waals surface area contributed by atoms with Crippen LogP contribution in [0.15, 0.2) is 47.4 Å². The van der Waals surface area contributed by atoms with Crippen LogP contribution in [-0.4, -0.2) is 32.6 Å². The summed E-state index contributed by atoms with van der Waals surface area (Å²) >= 11 is 6.23. The first kappa shape index (κ1) is 25.9. The molecule has 0 saturated carbocycles. The van der Waals surface area contributed by atoms with E-state index in [9.17, 15) is 40.0 Å². The van der Waals surface area contributed by atoms with Gasteiger partial charge in [-0.3, -0.25) is 9.59 Å². The molecule has 3 aromatic rings.